The van der Waals surface area contributed by atoms with Gasteiger partial charge >= 0.3 is 12.0 Å². The van der Waals surface area contributed by atoms with Gasteiger partial charge in [-0.2, -0.15) is 0 Å². The summed E-state index contributed by atoms with van der Waals surface area (Å²) in [6.07, 6.45) is 2.02. The minimum atomic E-state index is -1.28. The molecule has 0 aliphatic carbocycles. The van der Waals surface area contributed by atoms with Crippen LogP contribution in [0.5, 0.6) is 0 Å². The summed E-state index contributed by atoms with van der Waals surface area (Å²) in [5.41, 5.74) is 0. The molecule has 2 amide bonds. The van der Waals surface area contributed by atoms with Crippen LogP contribution in [0.25, 0.3) is 0 Å². The van der Waals surface area contributed by atoms with Crippen molar-refractivity contribution in [3.63, 3.8) is 0 Å². The van der Waals surface area contributed by atoms with Crippen LogP contribution in [0, 0.1) is 0 Å². The van der Waals surface area contributed by atoms with Gasteiger partial charge in [-0.15, -0.1) is 0 Å². The highest BCUT2D eigenvalue weighted by Gasteiger charge is 2.17. The van der Waals surface area contributed by atoms with Gasteiger partial charge < -0.3 is 25.6 Å². The van der Waals surface area contributed by atoms with E-state index in [1.165, 1.54) is 0 Å². The molecule has 0 heterocycles. The third-order valence-corrected chi connectivity index (χ3v) is 1.96. The average Bonchev–Trinajstić information content (AvgIpc) is 2.30. The lowest BCUT2D eigenvalue weighted by atomic mass is 10.3. The molecule has 0 aromatic rings. The molecule has 0 aliphatic rings. The largest absolute Gasteiger partial charge is 0.480 e. The predicted octanol–water partition coefficient (Wildman–Crippen LogP) is -0.452. The summed E-state index contributed by atoms with van der Waals surface area (Å²) in [5, 5.41) is 21.8. The summed E-state index contributed by atoms with van der Waals surface area (Å²) >= 11 is 0. The van der Waals surface area contributed by atoms with Gasteiger partial charge in [0, 0.05) is 13.2 Å². The molecule has 0 aromatic heterocycles. The van der Waals surface area contributed by atoms with Crippen LogP contribution in [0.4, 0.5) is 4.79 Å². The first-order valence-corrected chi connectivity index (χ1v) is 5.57. The Kier molecular flexibility index (Phi) is 9.08. The molecule has 0 spiro atoms. The van der Waals surface area contributed by atoms with E-state index in [4.69, 9.17) is 14.9 Å². The maximum Gasteiger partial charge on any atom is 0.328 e. The Hall–Kier alpha value is -1.34. The molecule has 0 saturated carbocycles. The lowest BCUT2D eigenvalue weighted by molar-refractivity contribution is -0.140. The number of carbonyl (C=O) groups is 2. The molecule has 0 fully saturated rings. The molecule has 0 bridgehead atoms. The van der Waals surface area contributed by atoms with Gasteiger partial charge in [-0.25, -0.2) is 9.59 Å². The van der Waals surface area contributed by atoms with Gasteiger partial charge in [-0.05, 0) is 6.42 Å². The van der Waals surface area contributed by atoms with Crippen molar-refractivity contribution in [3.05, 3.63) is 0 Å². The lowest BCUT2D eigenvalue weighted by Gasteiger charge is -2.12. The SMILES string of the molecule is CCCCOCCNC(=O)NC(CO)C(=O)O. The Labute approximate surface area is 100 Å². The number of aliphatic hydroxyl groups is 1. The highest BCUT2D eigenvalue weighted by molar-refractivity contribution is 5.82. The van der Waals surface area contributed by atoms with Gasteiger partial charge in [0.15, 0.2) is 6.04 Å². The Balaban J connectivity index is 3.55. The van der Waals surface area contributed by atoms with E-state index in [1.54, 1.807) is 0 Å². The van der Waals surface area contributed by atoms with Crippen molar-refractivity contribution in [3.8, 4) is 0 Å². The molecule has 4 N–H and O–H groups in total. The van der Waals surface area contributed by atoms with Crippen LogP contribution in [0.2, 0.25) is 0 Å². The van der Waals surface area contributed by atoms with Gasteiger partial charge in [-0.3, -0.25) is 0 Å². The molecule has 17 heavy (non-hydrogen) atoms. The molecular weight excluding hydrogens is 228 g/mol. The minimum absolute atomic E-state index is 0.299. The Bertz CT molecular complexity index is 235. The summed E-state index contributed by atoms with van der Waals surface area (Å²) in [4.78, 5) is 21.6. The summed E-state index contributed by atoms with van der Waals surface area (Å²) in [6.45, 7) is 2.73. The normalized spacial score (nSPS) is 11.9. The van der Waals surface area contributed by atoms with Crippen molar-refractivity contribution in [1.82, 2.24) is 10.6 Å². The number of aliphatic carboxylic acids is 1. The fourth-order valence-corrected chi connectivity index (χ4v) is 0.980. The van der Waals surface area contributed by atoms with Crippen LogP contribution < -0.4 is 10.6 Å². The average molecular weight is 248 g/mol. The van der Waals surface area contributed by atoms with Crippen molar-refractivity contribution in [2.75, 3.05) is 26.4 Å². The molecule has 7 heteroatoms. The van der Waals surface area contributed by atoms with Gasteiger partial charge in [-0.1, -0.05) is 13.3 Å². The van der Waals surface area contributed by atoms with Crippen molar-refractivity contribution < 1.29 is 24.5 Å². The van der Waals surface area contributed by atoms with E-state index < -0.39 is 24.6 Å². The number of hydrogen-bond acceptors (Lipinski definition) is 4. The highest BCUT2D eigenvalue weighted by atomic mass is 16.5. The van der Waals surface area contributed by atoms with Crippen molar-refractivity contribution >= 4 is 12.0 Å². The van der Waals surface area contributed by atoms with Crippen molar-refractivity contribution in [2.24, 2.45) is 0 Å². The van der Waals surface area contributed by atoms with Crippen molar-refractivity contribution in [2.45, 2.75) is 25.8 Å². The second-order valence-corrected chi connectivity index (χ2v) is 3.44. The van der Waals surface area contributed by atoms with Crippen LogP contribution in [0.1, 0.15) is 19.8 Å². The number of carboxylic acid groups (broad SMARTS) is 1. The molecule has 7 nitrogen and oxygen atoms in total. The van der Waals surface area contributed by atoms with Gasteiger partial charge in [0.25, 0.3) is 0 Å². The van der Waals surface area contributed by atoms with Gasteiger partial charge in [0.2, 0.25) is 0 Å². The molecule has 100 valence electrons. The molecular formula is C10H20N2O5. The number of rotatable bonds is 9. The molecule has 0 saturated heterocycles. The highest BCUT2D eigenvalue weighted by Crippen LogP contribution is 1.87. The first-order valence-electron chi connectivity index (χ1n) is 5.57. The third kappa shape index (κ3) is 8.47. The van der Waals surface area contributed by atoms with Crippen LogP contribution in [-0.4, -0.2) is 54.6 Å². The maximum atomic E-state index is 11.2. The number of unbranched alkanes of at least 4 members (excludes halogenated alkanes) is 1. The smallest absolute Gasteiger partial charge is 0.328 e. The fraction of sp³-hybridized carbons (Fsp3) is 0.800. The van der Waals surface area contributed by atoms with Gasteiger partial charge in [0.05, 0.1) is 13.2 Å². The summed E-state index contributed by atoms with van der Waals surface area (Å²) in [7, 11) is 0. The molecule has 1 unspecified atom stereocenters. The molecule has 0 aromatic carbocycles. The maximum absolute atomic E-state index is 11.2. The van der Waals surface area contributed by atoms with E-state index in [2.05, 4.69) is 17.6 Å². The second kappa shape index (κ2) is 9.86. The summed E-state index contributed by atoms with van der Waals surface area (Å²) in [6, 6.07) is -1.92. The van der Waals surface area contributed by atoms with Crippen LogP contribution >= 0.6 is 0 Å². The van der Waals surface area contributed by atoms with Gasteiger partial charge in [0.1, 0.15) is 0 Å². The first-order chi connectivity index (χ1) is 8.11. The Morgan fingerprint density at radius 2 is 2.06 bits per heavy atom. The zero-order chi connectivity index (χ0) is 13.1. The third-order valence-electron chi connectivity index (χ3n) is 1.96. The molecule has 0 rings (SSSR count). The number of nitrogens with one attached hydrogen (secondary N) is 2. The van der Waals surface area contributed by atoms with E-state index in [9.17, 15) is 9.59 Å². The fourth-order valence-electron chi connectivity index (χ4n) is 0.980. The van der Waals surface area contributed by atoms with Crippen LogP contribution in [0.15, 0.2) is 0 Å². The minimum Gasteiger partial charge on any atom is -0.480 e. The monoisotopic (exact) mass is 248 g/mol. The number of aliphatic hydroxyl groups excluding tert-OH is 1. The number of hydrogen-bond donors (Lipinski definition) is 4. The van der Waals surface area contributed by atoms with E-state index in [0.717, 1.165) is 12.8 Å². The predicted molar refractivity (Wildman–Crippen MR) is 60.8 cm³/mol. The number of carbonyl (C=O) groups excluding carboxylic acids is 1. The number of amides is 2. The zero-order valence-electron chi connectivity index (χ0n) is 9.94. The Morgan fingerprint density at radius 1 is 1.35 bits per heavy atom. The molecule has 1 atom stereocenters. The summed E-state index contributed by atoms with van der Waals surface area (Å²) < 4.78 is 5.20. The lowest BCUT2D eigenvalue weighted by Crippen LogP contribution is -2.48. The topological polar surface area (TPSA) is 108 Å². The Morgan fingerprint density at radius 3 is 2.59 bits per heavy atom. The molecule has 0 aliphatic heterocycles. The second-order valence-electron chi connectivity index (χ2n) is 3.44. The quantitative estimate of drug-likeness (QED) is 0.413. The summed E-state index contributed by atoms with van der Waals surface area (Å²) in [5.74, 6) is -1.28. The van der Waals surface area contributed by atoms with Crippen LogP contribution in [0.3, 0.4) is 0 Å². The van der Waals surface area contributed by atoms with Crippen LogP contribution in [-0.2, 0) is 9.53 Å². The van der Waals surface area contributed by atoms with E-state index >= 15 is 0 Å². The number of carboxylic acids is 1. The first kappa shape index (κ1) is 15.7. The van der Waals surface area contributed by atoms with E-state index in [1.807, 2.05) is 0 Å². The zero-order valence-corrected chi connectivity index (χ0v) is 9.94. The standard InChI is InChI=1S/C10H20N2O5/c1-2-3-5-17-6-4-11-10(16)12-8(7-13)9(14)15/h8,13H,2-7H2,1H3,(H,14,15)(H2,11,12,16). The number of ether oxygens (including phenoxy) is 1. The number of urea groups is 1. The van der Waals surface area contributed by atoms with E-state index in [-0.39, 0.29) is 0 Å². The molecule has 0 radical (unpaired) electrons. The van der Waals surface area contributed by atoms with Crippen molar-refractivity contribution in [1.29, 1.82) is 0 Å². The van der Waals surface area contributed by atoms with E-state index in [0.29, 0.717) is 19.8 Å².